The van der Waals surface area contributed by atoms with Crippen LogP contribution in [0.2, 0.25) is 0 Å². The Morgan fingerprint density at radius 2 is 1.69 bits per heavy atom. The maximum Gasteiger partial charge on any atom is 0.254 e. The molecule has 0 bridgehead atoms. The number of likely N-dealkylation sites (tertiary alicyclic amines) is 1. The Labute approximate surface area is 207 Å². The van der Waals surface area contributed by atoms with Crippen molar-refractivity contribution in [3.8, 4) is 0 Å². The van der Waals surface area contributed by atoms with Gasteiger partial charge in [-0.2, -0.15) is 4.31 Å². The number of anilines is 1. The molecule has 0 aromatic heterocycles. The standard InChI is InChI=1S/C26H34N4O4S/c1-20-18-22(26(32)30-13-7-6-8-21(30)2)11-12-24(20)27-19-25(31)28-14-16-29(17-15-28)35(33,34)23-9-4-3-5-10-23/h3-5,9-12,18,21,27H,6-8,13-17,19H2,1-2H3. The predicted octanol–water partition coefficient (Wildman–Crippen LogP) is 2.95. The lowest BCUT2D eigenvalue weighted by molar-refractivity contribution is -0.130. The van der Waals surface area contributed by atoms with Crippen LogP contribution in [0.25, 0.3) is 0 Å². The lowest BCUT2D eigenvalue weighted by Crippen LogP contribution is -2.51. The topological polar surface area (TPSA) is 90.0 Å². The Balaban J connectivity index is 1.30. The van der Waals surface area contributed by atoms with Gasteiger partial charge in [0.05, 0.1) is 11.4 Å². The lowest BCUT2D eigenvalue weighted by atomic mass is 10.0. The second-order valence-electron chi connectivity index (χ2n) is 9.32. The number of aryl methyl sites for hydroxylation is 1. The number of hydrogen-bond donors (Lipinski definition) is 1. The van der Waals surface area contributed by atoms with Crippen molar-refractivity contribution < 1.29 is 18.0 Å². The van der Waals surface area contributed by atoms with Crippen LogP contribution in [0.1, 0.15) is 42.1 Å². The fourth-order valence-electron chi connectivity index (χ4n) is 4.76. The summed E-state index contributed by atoms with van der Waals surface area (Å²) >= 11 is 0. The summed E-state index contributed by atoms with van der Waals surface area (Å²) in [4.78, 5) is 29.6. The van der Waals surface area contributed by atoms with E-state index in [1.807, 2.05) is 30.0 Å². The molecular formula is C26H34N4O4S. The summed E-state index contributed by atoms with van der Waals surface area (Å²) in [6.07, 6.45) is 3.25. The van der Waals surface area contributed by atoms with Crippen molar-refractivity contribution in [3.05, 3.63) is 59.7 Å². The second-order valence-corrected chi connectivity index (χ2v) is 11.3. The molecule has 2 aromatic rings. The molecule has 0 radical (unpaired) electrons. The van der Waals surface area contributed by atoms with Gasteiger partial charge in [0.25, 0.3) is 5.91 Å². The van der Waals surface area contributed by atoms with E-state index in [2.05, 4.69) is 12.2 Å². The summed E-state index contributed by atoms with van der Waals surface area (Å²) in [6, 6.07) is 14.2. The number of piperidine rings is 1. The van der Waals surface area contributed by atoms with E-state index in [4.69, 9.17) is 0 Å². The highest BCUT2D eigenvalue weighted by Gasteiger charge is 2.30. The Kier molecular flexibility index (Phi) is 7.76. The molecule has 0 aliphatic carbocycles. The van der Waals surface area contributed by atoms with Crippen LogP contribution in [-0.2, 0) is 14.8 Å². The highest BCUT2D eigenvalue weighted by molar-refractivity contribution is 7.89. The molecule has 1 atom stereocenters. The van der Waals surface area contributed by atoms with Gasteiger partial charge in [-0.05, 0) is 69.0 Å². The van der Waals surface area contributed by atoms with Crippen LogP contribution < -0.4 is 5.32 Å². The SMILES string of the molecule is Cc1cc(C(=O)N2CCCCC2C)ccc1NCC(=O)N1CCN(S(=O)(=O)c2ccccc2)CC1. The van der Waals surface area contributed by atoms with Crippen LogP contribution >= 0.6 is 0 Å². The molecule has 188 valence electrons. The average Bonchev–Trinajstić information content (AvgIpc) is 2.88. The maximum atomic E-state index is 12.9. The Morgan fingerprint density at radius 1 is 0.971 bits per heavy atom. The number of nitrogens with zero attached hydrogens (tertiary/aromatic N) is 3. The van der Waals surface area contributed by atoms with Gasteiger partial charge in [0.2, 0.25) is 15.9 Å². The zero-order valence-corrected chi connectivity index (χ0v) is 21.3. The zero-order chi connectivity index (χ0) is 25.0. The molecule has 2 aliphatic heterocycles. The Hall–Kier alpha value is -2.91. The van der Waals surface area contributed by atoms with Gasteiger partial charge in [-0.3, -0.25) is 9.59 Å². The molecule has 1 N–H and O–H groups in total. The minimum Gasteiger partial charge on any atom is -0.376 e. The summed E-state index contributed by atoms with van der Waals surface area (Å²) in [6.45, 7) is 6.19. The molecule has 1 unspecified atom stereocenters. The smallest absolute Gasteiger partial charge is 0.254 e. The first-order chi connectivity index (χ1) is 16.8. The number of sulfonamides is 1. The third-order valence-electron chi connectivity index (χ3n) is 6.94. The highest BCUT2D eigenvalue weighted by atomic mass is 32.2. The van der Waals surface area contributed by atoms with E-state index < -0.39 is 10.0 Å². The van der Waals surface area contributed by atoms with Gasteiger partial charge in [-0.1, -0.05) is 18.2 Å². The molecule has 2 fully saturated rings. The first-order valence-electron chi connectivity index (χ1n) is 12.3. The lowest BCUT2D eigenvalue weighted by Gasteiger charge is -2.34. The van der Waals surface area contributed by atoms with Crippen LogP contribution in [0.4, 0.5) is 5.69 Å². The van der Waals surface area contributed by atoms with Crippen molar-refractivity contribution in [2.24, 2.45) is 0 Å². The van der Waals surface area contributed by atoms with Gasteiger partial charge >= 0.3 is 0 Å². The summed E-state index contributed by atoms with van der Waals surface area (Å²) in [5.41, 5.74) is 2.39. The van der Waals surface area contributed by atoms with Crippen molar-refractivity contribution in [1.82, 2.24) is 14.1 Å². The van der Waals surface area contributed by atoms with Crippen LogP contribution in [0.15, 0.2) is 53.4 Å². The number of hydrogen-bond acceptors (Lipinski definition) is 5. The highest BCUT2D eigenvalue weighted by Crippen LogP contribution is 2.22. The molecule has 0 spiro atoms. The molecule has 4 rings (SSSR count). The van der Waals surface area contributed by atoms with E-state index in [1.54, 1.807) is 35.2 Å². The van der Waals surface area contributed by atoms with Crippen LogP contribution in [0.3, 0.4) is 0 Å². The Morgan fingerprint density at radius 3 is 2.34 bits per heavy atom. The van der Waals surface area contributed by atoms with Gasteiger partial charge in [0, 0.05) is 50.0 Å². The number of nitrogens with one attached hydrogen (secondary N) is 1. The van der Waals surface area contributed by atoms with E-state index in [9.17, 15) is 18.0 Å². The van der Waals surface area contributed by atoms with Crippen LogP contribution in [-0.4, -0.2) is 79.6 Å². The monoisotopic (exact) mass is 498 g/mol. The minimum absolute atomic E-state index is 0.0613. The van der Waals surface area contributed by atoms with Gasteiger partial charge < -0.3 is 15.1 Å². The maximum absolute atomic E-state index is 12.9. The van der Waals surface area contributed by atoms with E-state index >= 15 is 0 Å². The zero-order valence-electron chi connectivity index (χ0n) is 20.4. The predicted molar refractivity (Wildman–Crippen MR) is 136 cm³/mol. The Bertz CT molecular complexity index is 1160. The fraction of sp³-hybridized carbons (Fsp3) is 0.462. The second kappa shape index (κ2) is 10.8. The molecule has 2 heterocycles. The molecule has 2 saturated heterocycles. The van der Waals surface area contributed by atoms with Crippen LogP contribution in [0, 0.1) is 6.92 Å². The van der Waals surface area contributed by atoms with E-state index in [0.717, 1.165) is 30.6 Å². The fourth-order valence-corrected chi connectivity index (χ4v) is 6.21. The first kappa shape index (κ1) is 25.2. The molecule has 2 aromatic carbocycles. The van der Waals surface area contributed by atoms with Crippen molar-refractivity contribution >= 4 is 27.5 Å². The van der Waals surface area contributed by atoms with E-state index in [1.165, 1.54) is 10.7 Å². The number of amides is 2. The summed E-state index contributed by atoms with van der Waals surface area (Å²) < 4.78 is 27.0. The number of benzene rings is 2. The van der Waals surface area contributed by atoms with Crippen molar-refractivity contribution in [3.63, 3.8) is 0 Å². The van der Waals surface area contributed by atoms with Crippen molar-refractivity contribution in [1.29, 1.82) is 0 Å². The summed E-state index contributed by atoms with van der Waals surface area (Å²) in [7, 11) is -3.55. The number of carbonyl (C=O) groups is 2. The first-order valence-corrected chi connectivity index (χ1v) is 13.7. The van der Waals surface area contributed by atoms with Crippen molar-refractivity contribution in [2.75, 3.05) is 44.6 Å². The van der Waals surface area contributed by atoms with Crippen molar-refractivity contribution in [2.45, 2.75) is 44.0 Å². The normalized spacial score (nSPS) is 19.4. The largest absolute Gasteiger partial charge is 0.376 e. The molecule has 8 nitrogen and oxygen atoms in total. The molecule has 2 amide bonds. The molecule has 2 aliphatic rings. The molecule has 35 heavy (non-hydrogen) atoms. The van der Waals surface area contributed by atoms with Gasteiger partial charge in [-0.15, -0.1) is 0 Å². The van der Waals surface area contributed by atoms with Gasteiger partial charge in [-0.25, -0.2) is 8.42 Å². The average molecular weight is 499 g/mol. The number of carbonyl (C=O) groups excluding carboxylic acids is 2. The quantitative estimate of drug-likeness (QED) is 0.661. The summed E-state index contributed by atoms with van der Waals surface area (Å²) in [5, 5.41) is 3.18. The summed E-state index contributed by atoms with van der Waals surface area (Å²) in [5.74, 6) is -0.0188. The van der Waals surface area contributed by atoms with Gasteiger partial charge in [0.1, 0.15) is 0 Å². The van der Waals surface area contributed by atoms with E-state index in [-0.39, 0.29) is 42.4 Å². The number of rotatable bonds is 6. The number of piperazine rings is 1. The third kappa shape index (κ3) is 5.67. The van der Waals surface area contributed by atoms with Gasteiger partial charge in [0.15, 0.2) is 0 Å². The molecule has 0 saturated carbocycles. The van der Waals surface area contributed by atoms with E-state index in [0.29, 0.717) is 18.7 Å². The molecule has 9 heteroatoms. The molecular weight excluding hydrogens is 464 g/mol. The third-order valence-corrected chi connectivity index (χ3v) is 8.85. The minimum atomic E-state index is -3.55. The van der Waals surface area contributed by atoms with Crippen LogP contribution in [0.5, 0.6) is 0 Å².